The first-order valence-corrected chi connectivity index (χ1v) is 6.45. The summed E-state index contributed by atoms with van der Waals surface area (Å²) < 4.78 is 4.72. The van der Waals surface area contributed by atoms with Gasteiger partial charge in [-0.25, -0.2) is 4.79 Å². The Morgan fingerprint density at radius 2 is 1.95 bits per heavy atom. The third-order valence-electron chi connectivity index (χ3n) is 2.55. The molecule has 0 atom stereocenters. The van der Waals surface area contributed by atoms with Crippen molar-refractivity contribution in [1.82, 2.24) is 0 Å². The van der Waals surface area contributed by atoms with Crippen LogP contribution >= 0.6 is 11.6 Å². The highest BCUT2D eigenvalue weighted by Crippen LogP contribution is 2.32. The predicted octanol–water partition coefficient (Wildman–Crippen LogP) is 2.57. The van der Waals surface area contributed by atoms with Crippen LogP contribution in [0.2, 0.25) is 0 Å². The molecule has 0 bridgehead atoms. The van der Waals surface area contributed by atoms with Crippen molar-refractivity contribution in [3.05, 3.63) is 49.8 Å². The third-order valence-corrected chi connectivity index (χ3v) is 2.81. The van der Waals surface area contributed by atoms with Gasteiger partial charge in [-0.05, 0) is 13.0 Å². The number of aliphatic hydroxyl groups is 1. The monoisotopic (exact) mass is 330 g/mol. The molecule has 0 fully saturated rings. The number of nitrogens with zero attached hydrogens (tertiary/aromatic N) is 2. The molecule has 1 N–H and O–H groups in total. The zero-order valence-corrected chi connectivity index (χ0v) is 12.1. The summed E-state index contributed by atoms with van der Waals surface area (Å²) in [6.07, 6.45) is 0. The number of hydrogen-bond acceptors (Lipinski definition) is 7. The first kappa shape index (κ1) is 17.4. The largest absolute Gasteiger partial charge is 0.510 e. The minimum atomic E-state index is -1.02. The molecule has 0 saturated heterocycles. The van der Waals surface area contributed by atoms with Crippen LogP contribution in [0, 0.1) is 20.2 Å². The number of benzene rings is 1. The Kier molecular flexibility index (Phi) is 5.81. The van der Waals surface area contributed by atoms with Crippen molar-refractivity contribution < 1.29 is 24.5 Å². The number of halogens is 1. The Labute approximate surface area is 129 Å². The molecule has 0 aromatic heterocycles. The number of rotatable bonds is 6. The van der Waals surface area contributed by atoms with Crippen LogP contribution in [0.5, 0.6) is 0 Å². The molecule has 0 unspecified atom stereocenters. The zero-order valence-electron chi connectivity index (χ0n) is 11.3. The second kappa shape index (κ2) is 7.36. The van der Waals surface area contributed by atoms with Crippen molar-refractivity contribution in [2.24, 2.45) is 0 Å². The van der Waals surface area contributed by atoms with Crippen LogP contribution in [0.25, 0.3) is 5.57 Å². The zero-order chi connectivity index (χ0) is 16.9. The SMILES string of the molecule is CCOC(=O)/C(=C(\O)CCl)c1ccc([N+](=O)[O-])cc1[N+](=O)[O-]. The summed E-state index contributed by atoms with van der Waals surface area (Å²) in [5, 5.41) is 31.5. The lowest BCUT2D eigenvalue weighted by atomic mass is 10.0. The predicted molar refractivity (Wildman–Crippen MR) is 76.7 cm³/mol. The van der Waals surface area contributed by atoms with Gasteiger partial charge in [-0.1, -0.05) is 0 Å². The number of nitro benzene ring substituents is 2. The molecule has 0 aliphatic rings. The van der Waals surface area contributed by atoms with Gasteiger partial charge in [0.1, 0.15) is 11.3 Å². The maximum atomic E-state index is 11.9. The Bertz CT molecular complexity index is 657. The highest BCUT2D eigenvalue weighted by molar-refractivity contribution is 6.24. The van der Waals surface area contributed by atoms with E-state index in [4.69, 9.17) is 16.3 Å². The quantitative estimate of drug-likeness (QED) is 0.211. The van der Waals surface area contributed by atoms with Crippen LogP contribution in [-0.4, -0.2) is 33.4 Å². The summed E-state index contributed by atoms with van der Waals surface area (Å²) in [5.74, 6) is -2.13. The number of carbonyl (C=O) groups excluding carboxylic acids is 1. The lowest BCUT2D eigenvalue weighted by Gasteiger charge is -2.09. The van der Waals surface area contributed by atoms with Crippen LogP contribution in [0.4, 0.5) is 11.4 Å². The molecule has 1 rings (SSSR count). The van der Waals surface area contributed by atoms with Gasteiger partial charge in [-0.3, -0.25) is 20.2 Å². The van der Waals surface area contributed by atoms with Crippen molar-refractivity contribution in [2.75, 3.05) is 12.5 Å². The van der Waals surface area contributed by atoms with Gasteiger partial charge in [0.2, 0.25) is 0 Å². The number of nitro groups is 2. The van der Waals surface area contributed by atoms with E-state index in [1.807, 2.05) is 0 Å². The summed E-state index contributed by atoms with van der Waals surface area (Å²) in [5.41, 5.74) is -2.05. The topological polar surface area (TPSA) is 133 Å². The number of ether oxygens (including phenoxy) is 1. The van der Waals surface area contributed by atoms with E-state index < -0.39 is 44.4 Å². The fourth-order valence-corrected chi connectivity index (χ4v) is 1.78. The molecule has 0 spiro atoms. The molecular weight excluding hydrogens is 320 g/mol. The summed E-state index contributed by atoms with van der Waals surface area (Å²) in [7, 11) is 0. The van der Waals surface area contributed by atoms with Crippen LogP contribution in [0.1, 0.15) is 12.5 Å². The average molecular weight is 331 g/mol. The maximum absolute atomic E-state index is 11.9. The second-order valence-electron chi connectivity index (χ2n) is 3.89. The Hall–Kier alpha value is -2.68. The first-order chi connectivity index (χ1) is 10.3. The summed E-state index contributed by atoms with van der Waals surface area (Å²) in [6, 6.07) is 2.66. The molecule has 1 aromatic rings. The minimum absolute atomic E-state index is 0.0291. The van der Waals surface area contributed by atoms with Gasteiger partial charge in [0, 0.05) is 6.07 Å². The van der Waals surface area contributed by atoms with Crippen LogP contribution < -0.4 is 0 Å². The van der Waals surface area contributed by atoms with E-state index >= 15 is 0 Å². The fourth-order valence-electron chi connectivity index (χ4n) is 1.65. The molecule has 118 valence electrons. The van der Waals surface area contributed by atoms with Gasteiger partial charge in [0.15, 0.2) is 0 Å². The lowest BCUT2D eigenvalue weighted by molar-refractivity contribution is -0.394. The molecule has 0 heterocycles. The van der Waals surface area contributed by atoms with E-state index in [0.29, 0.717) is 6.07 Å². The Balaban J connectivity index is 3.59. The van der Waals surface area contributed by atoms with E-state index in [9.17, 15) is 30.1 Å². The average Bonchev–Trinajstić information content (AvgIpc) is 2.47. The number of hydrogen-bond donors (Lipinski definition) is 1. The van der Waals surface area contributed by atoms with Crippen molar-refractivity contribution in [1.29, 1.82) is 0 Å². The second-order valence-corrected chi connectivity index (χ2v) is 4.16. The molecule has 0 saturated carbocycles. The van der Waals surface area contributed by atoms with Gasteiger partial charge >= 0.3 is 5.97 Å². The van der Waals surface area contributed by atoms with Crippen LogP contribution in [0.3, 0.4) is 0 Å². The van der Waals surface area contributed by atoms with Gasteiger partial charge in [-0.15, -0.1) is 11.6 Å². The summed E-state index contributed by atoms with van der Waals surface area (Å²) >= 11 is 5.46. The van der Waals surface area contributed by atoms with E-state index in [-0.39, 0.29) is 12.2 Å². The highest BCUT2D eigenvalue weighted by Gasteiger charge is 2.28. The van der Waals surface area contributed by atoms with E-state index in [1.54, 1.807) is 0 Å². The molecule has 0 amide bonds. The van der Waals surface area contributed by atoms with Gasteiger partial charge in [0.05, 0.1) is 34.0 Å². The van der Waals surface area contributed by atoms with Gasteiger partial charge < -0.3 is 9.84 Å². The maximum Gasteiger partial charge on any atom is 0.342 e. The molecule has 10 heteroatoms. The minimum Gasteiger partial charge on any atom is -0.510 e. The van der Waals surface area contributed by atoms with Crippen LogP contribution in [-0.2, 0) is 9.53 Å². The van der Waals surface area contributed by atoms with E-state index in [1.165, 1.54) is 6.92 Å². The third kappa shape index (κ3) is 3.70. The molecule has 9 nitrogen and oxygen atoms in total. The first-order valence-electron chi connectivity index (χ1n) is 5.91. The lowest BCUT2D eigenvalue weighted by Crippen LogP contribution is -2.12. The smallest absolute Gasteiger partial charge is 0.342 e. The van der Waals surface area contributed by atoms with Crippen molar-refractivity contribution in [3.8, 4) is 0 Å². The van der Waals surface area contributed by atoms with E-state index in [0.717, 1.165) is 12.1 Å². The van der Waals surface area contributed by atoms with Crippen LogP contribution in [0.15, 0.2) is 24.0 Å². The fraction of sp³-hybridized carbons (Fsp3) is 0.250. The van der Waals surface area contributed by atoms with Gasteiger partial charge in [-0.2, -0.15) is 0 Å². The summed E-state index contributed by atoms with van der Waals surface area (Å²) in [4.78, 5) is 31.9. The van der Waals surface area contributed by atoms with Crippen molar-refractivity contribution >= 4 is 34.5 Å². The van der Waals surface area contributed by atoms with Crippen molar-refractivity contribution in [2.45, 2.75) is 6.92 Å². The number of non-ortho nitro benzene ring substituents is 1. The molecule has 0 aliphatic carbocycles. The number of carbonyl (C=O) groups is 1. The Morgan fingerprint density at radius 1 is 1.32 bits per heavy atom. The summed E-state index contributed by atoms with van der Waals surface area (Å²) in [6.45, 7) is 1.48. The Morgan fingerprint density at radius 3 is 2.41 bits per heavy atom. The number of alkyl halides is 1. The highest BCUT2D eigenvalue weighted by atomic mass is 35.5. The van der Waals surface area contributed by atoms with Gasteiger partial charge in [0.25, 0.3) is 11.4 Å². The number of allylic oxidation sites excluding steroid dienone is 1. The molecule has 0 aliphatic heterocycles. The molecule has 0 radical (unpaired) electrons. The normalized spacial score (nSPS) is 11.5. The van der Waals surface area contributed by atoms with E-state index in [2.05, 4.69) is 0 Å². The number of aliphatic hydroxyl groups excluding tert-OH is 1. The molecular formula is C12H11ClN2O7. The van der Waals surface area contributed by atoms with Crippen molar-refractivity contribution in [3.63, 3.8) is 0 Å². The molecule has 1 aromatic carbocycles. The number of esters is 1. The molecule has 22 heavy (non-hydrogen) atoms. The standard InChI is InChI=1S/C12H11ClN2O7/c1-2-22-12(17)11(10(16)6-13)8-4-3-7(14(18)19)5-9(8)15(20)21/h3-5,16H,2,6H2,1H3/b11-10-.